The Bertz CT molecular complexity index is 1030. The quantitative estimate of drug-likeness (QED) is 0.622. The maximum Gasteiger partial charge on any atom is 0.275 e. The van der Waals surface area contributed by atoms with Gasteiger partial charge in [0.1, 0.15) is 5.01 Å². The van der Waals surface area contributed by atoms with E-state index in [9.17, 15) is 4.79 Å². The number of aromatic nitrogens is 3. The highest BCUT2D eigenvalue weighted by molar-refractivity contribution is 7.16. The smallest absolute Gasteiger partial charge is 0.275 e. The fraction of sp³-hybridized carbons (Fsp3) is 0.421. The Hall–Kier alpha value is -2.45. The summed E-state index contributed by atoms with van der Waals surface area (Å²) < 4.78 is 12.1. The van der Waals surface area contributed by atoms with Gasteiger partial charge in [-0.2, -0.15) is 9.61 Å². The van der Waals surface area contributed by atoms with Gasteiger partial charge in [0.05, 0.1) is 19.9 Å². The Morgan fingerprint density at radius 1 is 1.19 bits per heavy atom. The van der Waals surface area contributed by atoms with Crippen LogP contribution in [0.3, 0.4) is 0 Å². The van der Waals surface area contributed by atoms with Crippen molar-refractivity contribution < 1.29 is 9.47 Å². The van der Waals surface area contributed by atoms with E-state index in [4.69, 9.17) is 9.47 Å². The zero-order valence-corrected chi connectivity index (χ0v) is 16.5. The van der Waals surface area contributed by atoms with Gasteiger partial charge in [-0.05, 0) is 37.6 Å². The van der Waals surface area contributed by atoms with Crippen LogP contribution >= 0.6 is 11.3 Å². The lowest BCUT2D eigenvalue weighted by Gasteiger charge is -2.17. The first-order valence-corrected chi connectivity index (χ1v) is 9.68. The zero-order chi connectivity index (χ0) is 19.0. The van der Waals surface area contributed by atoms with Crippen molar-refractivity contribution in [3.63, 3.8) is 0 Å². The molecule has 0 saturated heterocycles. The first-order chi connectivity index (χ1) is 13.1. The largest absolute Gasteiger partial charge is 0.493 e. The van der Waals surface area contributed by atoms with Gasteiger partial charge in [0, 0.05) is 25.1 Å². The van der Waals surface area contributed by atoms with Crippen LogP contribution in [0.25, 0.3) is 4.96 Å². The molecule has 1 fully saturated rings. The van der Waals surface area contributed by atoms with Gasteiger partial charge < -0.3 is 9.47 Å². The van der Waals surface area contributed by atoms with E-state index in [2.05, 4.69) is 15.0 Å². The Kier molecular flexibility index (Phi) is 4.84. The third kappa shape index (κ3) is 3.81. The summed E-state index contributed by atoms with van der Waals surface area (Å²) >= 11 is 1.53. The van der Waals surface area contributed by atoms with Crippen LogP contribution in [0.1, 0.15) is 35.0 Å². The molecule has 4 rings (SSSR count). The Morgan fingerprint density at radius 2 is 1.96 bits per heavy atom. The van der Waals surface area contributed by atoms with Gasteiger partial charge in [0.15, 0.2) is 11.5 Å². The normalized spacial score (nSPS) is 14.1. The standard InChI is InChI=1S/C19H22N4O3S/c1-22(10-12-4-7-15(25-2)16(8-12)26-3)11-14-9-17(24)23-19(20-14)27-18(21-23)13-5-6-13/h4,7-9,13H,5-6,10-11H2,1-3H3. The highest BCUT2D eigenvalue weighted by Crippen LogP contribution is 2.41. The summed E-state index contributed by atoms with van der Waals surface area (Å²) in [4.78, 5) is 19.8. The lowest BCUT2D eigenvalue weighted by Crippen LogP contribution is -2.21. The molecule has 142 valence electrons. The van der Waals surface area contributed by atoms with E-state index < -0.39 is 0 Å². The molecule has 0 unspecified atom stereocenters. The third-order valence-corrected chi connectivity index (χ3v) is 5.64. The summed E-state index contributed by atoms with van der Waals surface area (Å²) in [5.74, 6) is 1.94. The van der Waals surface area contributed by atoms with E-state index in [-0.39, 0.29) is 5.56 Å². The summed E-state index contributed by atoms with van der Waals surface area (Å²) in [6, 6.07) is 7.45. The zero-order valence-electron chi connectivity index (χ0n) is 15.6. The number of methoxy groups -OCH3 is 2. The van der Waals surface area contributed by atoms with Crippen LogP contribution in [0.5, 0.6) is 11.5 Å². The van der Waals surface area contributed by atoms with Gasteiger partial charge >= 0.3 is 0 Å². The van der Waals surface area contributed by atoms with Crippen molar-refractivity contribution in [3.8, 4) is 11.5 Å². The van der Waals surface area contributed by atoms with E-state index in [0.29, 0.717) is 35.5 Å². The molecule has 8 heteroatoms. The molecular formula is C19H22N4O3S. The molecule has 0 aliphatic heterocycles. The summed E-state index contributed by atoms with van der Waals surface area (Å²) in [5, 5.41) is 5.44. The molecule has 0 atom stereocenters. The van der Waals surface area contributed by atoms with Gasteiger partial charge in [-0.15, -0.1) is 0 Å². The predicted molar refractivity (Wildman–Crippen MR) is 104 cm³/mol. The summed E-state index contributed by atoms with van der Waals surface area (Å²) in [6.07, 6.45) is 2.32. The Labute approximate surface area is 161 Å². The molecule has 0 N–H and O–H groups in total. The highest BCUT2D eigenvalue weighted by atomic mass is 32.1. The number of benzene rings is 1. The molecule has 1 aromatic carbocycles. The molecule has 0 radical (unpaired) electrons. The maximum absolute atomic E-state index is 12.4. The summed E-state index contributed by atoms with van der Waals surface area (Å²) in [5.41, 5.74) is 1.74. The lowest BCUT2D eigenvalue weighted by molar-refractivity contribution is 0.312. The minimum Gasteiger partial charge on any atom is -0.493 e. The second kappa shape index (κ2) is 7.28. The van der Waals surface area contributed by atoms with Crippen molar-refractivity contribution >= 4 is 16.3 Å². The monoisotopic (exact) mass is 386 g/mol. The average molecular weight is 386 g/mol. The number of rotatable bonds is 7. The number of ether oxygens (including phenoxy) is 2. The van der Waals surface area contributed by atoms with Crippen molar-refractivity contribution in [2.75, 3.05) is 21.3 Å². The van der Waals surface area contributed by atoms with Crippen LogP contribution in [0, 0.1) is 0 Å². The molecule has 1 saturated carbocycles. The molecule has 7 nitrogen and oxygen atoms in total. The lowest BCUT2D eigenvalue weighted by atomic mass is 10.2. The molecule has 0 amide bonds. The van der Waals surface area contributed by atoms with E-state index in [1.54, 1.807) is 20.3 Å². The molecule has 2 heterocycles. The molecule has 3 aromatic rings. The van der Waals surface area contributed by atoms with Crippen LogP contribution in [-0.4, -0.2) is 40.8 Å². The van der Waals surface area contributed by atoms with Crippen LogP contribution in [0.4, 0.5) is 0 Å². The molecule has 2 aromatic heterocycles. The fourth-order valence-electron chi connectivity index (χ4n) is 3.07. The topological polar surface area (TPSA) is 69.0 Å². The molecule has 0 bridgehead atoms. The highest BCUT2D eigenvalue weighted by Gasteiger charge is 2.28. The molecule has 1 aliphatic rings. The van der Waals surface area contributed by atoms with Crippen LogP contribution in [0.2, 0.25) is 0 Å². The van der Waals surface area contributed by atoms with Crippen molar-refractivity contribution in [1.29, 1.82) is 0 Å². The minimum atomic E-state index is -0.113. The van der Waals surface area contributed by atoms with Gasteiger partial charge in [-0.25, -0.2) is 4.98 Å². The Balaban J connectivity index is 1.50. The molecule has 1 aliphatic carbocycles. The van der Waals surface area contributed by atoms with E-state index in [0.717, 1.165) is 29.1 Å². The molecule has 27 heavy (non-hydrogen) atoms. The SMILES string of the molecule is COc1ccc(CN(C)Cc2cc(=O)n3nc(C4CC4)sc3n2)cc1OC. The van der Waals surface area contributed by atoms with Crippen molar-refractivity contribution in [2.45, 2.75) is 31.8 Å². The van der Waals surface area contributed by atoms with E-state index >= 15 is 0 Å². The second-order valence-corrected chi connectivity index (χ2v) is 7.84. The number of fused-ring (bicyclic) bond motifs is 1. The third-order valence-electron chi connectivity index (χ3n) is 4.57. The van der Waals surface area contributed by atoms with Crippen molar-refractivity contribution in [1.82, 2.24) is 19.5 Å². The van der Waals surface area contributed by atoms with Gasteiger partial charge in [-0.1, -0.05) is 17.4 Å². The fourth-order valence-corrected chi connectivity index (χ4v) is 4.16. The predicted octanol–water partition coefficient (Wildman–Crippen LogP) is 2.68. The van der Waals surface area contributed by atoms with Gasteiger partial charge in [0.25, 0.3) is 5.56 Å². The van der Waals surface area contributed by atoms with Crippen molar-refractivity contribution in [2.24, 2.45) is 0 Å². The van der Waals surface area contributed by atoms with Crippen molar-refractivity contribution in [3.05, 3.63) is 50.9 Å². The summed E-state index contributed by atoms with van der Waals surface area (Å²) in [7, 11) is 5.25. The molecular weight excluding hydrogens is 364 g/mol. The minimum absolute atomic E-state index is 0.113. The molecule has 0 spiro atoms. The maximum atomic E-state index is 12.4. The number of nitrogens with zero attached hydrogens (tertiary/aromatic N) is 4. The number of hydrogen-bond donors (Lipinski definition) is 0. The van der Waals surface area contributed by atoms with E-state index in [1.807, 2.05) is 25.2 Å². The summed E-state index contributed by atoms with van der Waals surface area (Å²) in [6.45, 7) is 1.29. The Morgan fingerprint density at radius 3 is 2.67 bits per heavy atom. The second-order valence-electron chi connectivity index (χ2n) is 6.86. The number of hydrogen-bond acceptors (Lipinski definition) is 7. The van der Waals surface area contributed by atoms with Gasteiger partial charge in [-0.3, -0.25) is 9.69 Å². The van der Waals surface area contributed by atoms with Crippen LogP contribution < -0.4 is 15.0 Å². The van der Waals surface area contributed by atoms with E-state index in [1.165, 1.54) is 15.9 Å². The van der Waals surface area contributed by atoms with Crippen LogP contribution in [-0.2, 0) is 13.1 Å². The first-order valence-electron chi connectivity index (χ1n) is 8.86. The average Bonchev–Trinajstić information content (AvgIpc) is 3.41. The van der Waals surface area contributed by atoms with Gasteiger partial charge in [0.2, 0.25) is 4.96 Å². The first kappa shape index (κ1) is 17.9. The van der Waals surface area contributed by atoms with Crippen LogP contribution in [0.15, 0.2) is 29.1 Å².